The van der Waals surface area contributed by atoms with Crippen LogP contribution in [-0.2, 0) is 6.54 Å². The van der Waals surface area contributed by atoms with Gasteiger partial charge in [0.25, 0.3) is 0 Å². The van der Waals surface area contributed by atoms with Gasteiger partial charge in [-0.3, -0.25) is 0 Å². The van der Waals surface area contributed by atoms with Crippen molar-refractivity contribution in [3.05, 3.63) is 34.6 Å². The largest absolute Gasteiger partial charge is 0.310 e. The Morgan fingerprint density at radius 3 is 2.44 bits per heavy atom. The van der Waals surface area contributed by atoms with E-state index in [9.17, 15) is 4.39 Å². The Bertz CT molecular complexity index is 431. The van der Waals surface area contributed by atoms with Gasteiger partial charge in [-0.2, -0.15) is 0 Å². The lowest BCUT2D eigenvalue weighted by Gasteiger charge is -2.23. The highest BCUT2D eigenvalue weighted by molar-refractivity contribution is 5.30. The molecule has 0 heterocycles. The van der Waals surface area contributed by atoms with Gasteiger partial charge >= 0.3 is 0 Å². The minimum atomic E-state index is -0.0568. The third kappa shape index (κ3) is 2.18. The van der Waals surface area contributed by atoms with Crippen molar-refractivity contribution < 1.29 is 4.39 Å². The molecule has 3 unspecified atom stereocenters. The Hall–Kier alpha value is -0.890. The molecular weight excluding hydrogens is 225 g/mol. The first-order valence-electron chi connectivity index (χ1n) is 7.12. The number of aryl methyl sites for hydroxylation is 2. The van der Waals surface area contributed by atoms with Crippen LogP contribution in [0.25, 0.3) is 0 Å². The maximum absolute atomic E-state index is 13.6. The molecule has 2 heteroatoms. The summed E-state index contributed by atoms with van der Waals surface area (Å²) in [7, 11) is 0. The van der Waals surface area contributed by atoms with Gasteiger partial charge in [-0.25, -0.2) is 4.39 Å². The van der Waals surface area contributed by atoms with Crippen LogP contribution in [0, 0.1) is 31.5 Å². The summed E-state index contributed by atoms with van der Waals surface area (Å²) in [5, 5.41) is 3.68. The lowest BCUT2D eigenvalue weighted by atomic mass is 9.95. The molecule has 0 aromatic heterocycles. The maximum atomic E-state index is 13.6. The molecule has 0 amide bonds. The van der Waals surface area contributed by atoms with Gasteiger partial charge in [-0.05, 0) is 61.6 Å². The third-order valence-corrected chi connectivity index (χ3v) is 4.80. The Morgan fingerprint density at radius 1 is 1.17 bits per heavy atom. The summed E-state index contributed by atoms with van der Waals surface area (Å²) in [6.07, 6.45) is 5.63. The topological polar surface area (TPSA) is 12.0 Å². The first kappa shape index (κ1) is 12.2. The highest BCUT2D eigenvalue weighted by Gasteiger charge is 2.38. The van der Waals surface area contributed by atoms with E-state index in [4.69, 9.17) is 0 Å². The zero-order chi connectivity index (χ0) is 12.7. The fraction of sp³-hybridized carbons (Fsp3) is 0.625. The Labute approximate surface area is 109 Å². The molecule has 1 N–H and O–H groups in total. The second-order valence-corrected chi connectivity index (χ2v) is 6.21. The molecule has 3 atom stereocenters. The van der Waals surface area contributed by atoms with Crippen molar-refractivity contribution in [1.29, 1.82) is 0 Å². The van der Waals surface area contributed by atoms with Gasteiger partial charge in [0, 0.05) is 12.6 Å². The van der Waals surface area contributed by atoms with Crippen LogP contribution in [0.2, 0.25) is 0 Å². The number of hydrogen-bond acceptors (Lipinski definition) is 1. The molecule has 2 bridgehead atoms. The third-order valence-electron chi connectivity index (χ3n) is 4.80. The van der Waals surface area contributed by atoms with Crippen LogP contribution < -0.4 is 5.32 Å². The number of fused-ring (bicyclic) bond motifs is 2. The van der Waals surface area contributed by atoms with E-state index in [-0.39, 0.29) is 5.82 Å². The van der Waals surface area contributed by atoms with E-state index in [1.54, 1.807) is 0 Å². The van der Waals surface area contributed by atoms with E-state index >= 15 is 0 Å². The highest BCUT2D eigenvalue weighted by Crippen LogP contribution is 2.44. The summed E-state index contributed by atoms with van der Waals surface area (Å²) in [5.74, 6) is 1.82. The molecule has 3 rings (SSSR count). The van der Waals surface area contributed by atoms with Crippen molar-refractivity contribution in [1.82, 2.24) is 5.32 Å². The quantitative estimate of drug-likeness (QED) is 0.858. The molecule has 98 valence electrons. The zero-order valence-electron chi connectivity index (χ0n) is 11.3. The van der Waals surface area contributed by atoms with Crippen LogP contribution in [0.4, 0.5) is 4.39 Å². The van der Waals surface area contributed by atoms with E-state index < -0.39 is 0 Å². The van der Waals surface area contributed by atoms with Crippen molar-refractivity contribution in [3.63, 3.8) is 0 Å². The minimum Gasteiger partial charge on any atom is -0.310 e. The van der Waals surface area contributed by atoms with Gasteiger partial charge in [0.2, 0.25) is 0 Å². The van der Waals surface area contributed by atoms with E-state index in [2.05, 4.69) is 5.32 Å². The second-order valence-electron chi connectivity index (χ2n) is 6.21. The summed E-state index contributed by atoms with van der Waals surface area (Å²) in [5.41, 5.74) is 2.74. The highest BCUT2D eigenvalue weighted by atomic mass is 19.1. The van der Waals surface area contributed by atoms with E-state index in [1.165, 1.54) is 31.2 Å². The van der Waals surface area contributed by atoms with Crippen LogP contribution in [0.5, 0.6) is 0 Å². The minimum absolute atomic E-state index is 0.0568. The molecule has 18 heavy (non-hydrogen) atoms. The first-order chi connectivity index (χ1) is 8.63. The lowest BCUT2D eigenvalue weighted by molar-refractivity contribution is 0.350. The molecule has 2 saturated carbocycles. The Morgan fingerprint density at radius 2 is 1.89 bits per heavy atom. The van der Waals surface area contributed by atoms with Crippen LogP contribution in [0.3, 0.4) is 0 Å². The molecule has 2 aliphatic rings. The lowest BCUT2D eigenvalue weighted by Crippen LogP contribution is -2.33. The van der Waals surface area contributed by atoms with Crippen molar-refractivity contribution in [2.24, 2.45) is 11.8 Å². The fourth-order valence-corrected chi connectivity index (χ4v) is 3.88. The van der Waals surface area contributed by atoms with Crippen molar-refractivity contribution >= 4 is 0 Å². The molecule has 0 spiro atoms. The normalized spacial score (nSPS) is 30.1. The van der Waals surface area contributed by atoms with E-state index in [0.29, 0.717) is 6.04 Å². The summed E-state index contributed by atoms with van der Waals surface area (Å²) in [6, 6.07) is 4.65. The first-order valence-corrected chi connectivity index (χ1v) is 7.12. The van der Waals surface area contributed by atoms with Crippen LogP contribution in [0.15, 0.2) is 12.1 Å². The van der Waals surface area contributed by atoms with Crippen molar-refractivity contribution in [2.45, 2.75) is 52.1 Å². The molecule has 0 saturated heterocycles. The van der Waals surface area contributed by atoms with Crippen molar-refractivity contribution in [3.8, 4) is 0 Å². The molecule has 1 nitrogen and oxygen atoms in total. The van der Waals surface area contributed by atoms with Crippen molar-refractivity contribution in [2.75, 3.05) is 0 Å². The summed E-state index contributed by atoms with van der Waals surface area (Å²) < 4.78 is 13.6. The summed E-state index contributed by atoms with van der Waals surface area (Å²) in [4.78, 5) is 0. The second kappa shape index (κ2) is 4.65. The Balaban J connectivity index is 1.63. The van der Waals surface area contributed by atoms with Gasteiger partial charge in [-0.15, -0.1) is 0 Å². The maximum Gasteiger partial charge on any atom is 0.129 e. The smallest absolute Gasteiger partial charge is 0.129 e. The van der Waals surface area contributed by atoms with E-state index in [0.717, 1.165) is 29.5 Å². The molecule has 2 aliphatic carbocycles. The van der Waals surface area contributed by atoms with Gasteiger partial charge in [0.1, 0.15) is 5.82 Å². The van der Waals surface area contributed by atoms with Crippen LogP contribution >= 0.6 is 0 Å². The summed E-state index contributed by atoms with van der Waals surface area (Å²) >= 11 is 0. The SMILES string of the molecule is Cc1cc(CNC2CC3CCC2C3)cc(C)c1F. The molecular formula is C16H22FN. The van der Waals surface area contributed by atoms with Gasteiger partial charge in [0.15, 0.2) is 0 Å². The molecule has 1 aromatic rings. The Kier molecular flexibility index (Phi) is 3.14. The standard InChI is InChI=1S/C16H22FN/c1-10-5-13(6-11(2)16(10)17)9-18-15-8-12-3-4-14(15)7-12/h5-6,12,14-15,18H,3-4,7-9H2,1-2H3. The fourth-order valence-electron chi connectivity index (χ4n) is 3.88. The van der Waals surface area contributed by atoms with Crippen LogP contribution in [-0.4, -0.2) is 6.04 Å². The predicted octanol–water partition coefficient (Wildman–Crippen LogP) is 3.72. The molecule has 1 aromatic carbocycles. The number of hydrogen-bond donors (Lipinski definition) is 1. The number of benzene rings is 1. The number of halogens is 1. The summed E-state index contributed by atoms with van der Waals surface area (Å²) in [6.45, 7) is 4.59. The predicted molar refractivity (Wildman–Crippen MR) is 71.9 cm³/mol. The van der Waals surface area contributed by atoms with Gasteiger partial charge in [-0.1, -0.05) is 18.6 Å². The number of rotatable bonds is 3. The van der Waals surface area contributed by atoms with Gasteiger partial charge < -0.3 is 5.32 Å². The van der Waals surface area contributed by atoms with Gasteiger partial charge in [0.05, 0.1) is 0 Å². The van der Waals surface area contributed by atoms with Crippen LogP contribution in [0.1, 0.15) is 42.4 Å². The number of nitrogens with one attached hydrogen (secondary N) is 1. The molecule has 0 radical (unpaired) electrons. The monoisotopic (exact) mass is 247 g/mol. The average Bonchev–Trinajstić information content (AvgIpc) is 2.95. The van der Waals surface area contributed by atoms with E-state index in [1.807, 2.05) is 26.0 Å². The zero-order valence-corrected chi connectivity index (χ0v) is 11.3. The molecule has 0 aliphatic heterocycles. The molecule has 2 fully saturated rings. The average molecular weight is 247 g/mol.